The fraction of sp³-hybridized carbons (Fsp3) is 0.273. The Morgan fingerprint density at radius 2 is 1.76 bits per heavy atom. The molecule has 0 atom stereocenters. The van der Waals surface area contributed by atoms with Crippen molar-refractivity contribution >= 4 is 16.8 Å². The normalized spacial score (nSPS) is 14.9. The van der Waals surface area contributed by atoms with Crippen molar-refractivity contribution in [1.29, 1.82) is 0 Å². The lowest BCUT2D eigenvalue weighted by atomic mass is 10.1. The Labute approximate surface area is 167 Å². The van der Waals surface area contributed by atoms with E-state index in [-0.39, 0.29) is 24.1 Å². The number of pyridine rings is 1. The van der Waals surface area contributed by atoms with Crippen LogP contribution in [0.2, 0.25) is 0 Å². The van der Waals surface area contributed by atoms with Gasteiger partial charge in [0.2, 0.25) is 0 Å². The molecule has 4 rings (SSSR count). The third-order valence-corrected chi connectivity index (χ3v) is 5.04. The zero-order valence-electron chi connectivity index (χ0n) is 15.9. The maximum atomic E-state index is 13.9. The van der Waals surface area contributed by atoms with Gasteiger partial charge in [0, 0.05) is 44.3 Å². The Bertz CT molecular complexity index is 1000. The van der Waals surface area contributed by atoms with Crippen LogP contribution in [0.1, 0.15) is 5.56 Å². The Morgan fingerprint density at radius 1 is 1.00 bits per heavy atom. The maximum Gasteiger partial charge on any atom is 0.260 e. The molecule has 1 aromatic heterocycles. The topological polar surface area (TPSA) is 45.7 Å². The number of amides is 1. The summed E-state index contributed by atoms with van der Waals surface area (Å²) < 4.78 is 32.3. The SMILES string of the molecule is O=C(COc1ccc(F)cc1)N1CCN(Cc2cc(F)cc3cccnc23)CC1. The van der Waals surface area contributed by atoms with E-state index in [1.807, 2.05) is 6.07 Å². The highest BCUT2D eigenvalue weighted by molar-refractivity contribution is 5.81. The van der Waals surface area contributed by atoms with Crippen LogP contribution in [0.15, 0.2) is 54.7 Å². The van der Waals surface area contributed by atoms with Gasteiger partial charge in [-0.2, -0.15) is 0 Å². The highest BCUT2D eigenvalue weighted by Crippen LogP contribution is 2.20. The van der Waals surface area contributed by atoms with Crippen LogP contribution in [0.3, 0.4) is 0 Å². The predicted molar refractivity (Wildman–Crippen MR) is 105 cm³/mol. The molecule has 0 radical (unpaired) electrons. The maximum absolute atomic E-state index is 13.9. The lowest BCUT2D eigenvalue weighted by molar-refractivity contribution is -0.135. The van der Waals surface area contributed by atoms with Crippen molar-refractivity contribution in [2.75, 3.05) is 32.8 Å². The summed E-state index contributed by atoms with van der Waals surface area (Å²) in [4.78, 5) is 20.7. The quantitative estimate of drug-likeness (QED) is 0.663. The smallest absolute Gasteiger partial charge is 0.260 e. The van der Waals surface area contributed by atoms with Gasteiger partial charge in [-0.3, -0.25) is 14.7 Å². The third kappa shape index (κ3) is 4.68. The van der Waals surface area contributed by atoms with Gasteiger partial charge in [0.05, 0.1) is 5.52 Å². The zero-order valence-corrected chi connectivity index (χ0v) is 15.9. The number of nitrogens with zero attached hydrogens (tertiary/aromatic N) is 3. The first-order chi connectivity index (χ1) is 14.1. The molecule has 0 saturated carbocycles. The molecule has 2 heterocycles. The third-order valence-electron chi connectivity index (χ3n) is 5.04. The van der Waals surface area contributed by atoms with Crippen molar-refractivity contribution in [2.45, 2.75) is 6.54 Å². The molecule has 0 spiro atoms. The summed E-state index contributed by atoms with van der Waals surface area (Å²) in [5.41, 5.74) is 1.65. The van der Waals surface area contributed by atoms with E-state index in [9.17, 15) is 13.6 Å². The number of carbonyl (C=O) groups is 1. The second-order valence-electron chi connectivity index (χ2n) is 7.04. The lowest BCUT2D eigenvalue weighted by Crippen LogP contribution is -2.49. The van der Waals surface area contributed by atoms with Crippen molar-refractivity contribution in [3.63, 3.8) is 0 Å². The standard InChI is InChI=1S/C22H21F2N3O2/c23-18-3-5-20(6-4-18)29-15-21(28)27-10-8-26(9-11-27)14-17-13-19(24)12-16-2-1-7-25-22(16)17/h1-7,12-13H,8-11,14-15H2. The zero-order chi connectivity index (χ0) is 20.2. The van der Waals surface area contributed by atoms with Crippen LogP contribution in [-0.4, -0.2) is 53.5 Å². The number of halogens is 2. The van der Waals surface area contributed by atoms with Gasteiger partial charge in [-0.15, -0.1) is 0 Å². The Balaban J connectivity index is 1.31. The Kier molecular flexibility index (Phi) is 5.67. The monoisotopic (exact) mass is 397 g/mol. The number of rotatable bonds is 5. The van der Waals surface area contributed by atoms with Crippen molar-refractivity contribution < 1.29 is 18.3 Å². The van der Waals surface area contributed by atoms with Crippen molar-refractivity contribution in [1.82, 2.24) is 14.8 Å². The van der Waals surface area contributed by atoms with E-state index < -0.39 is 0 Å². The number of fused-ring (bicyclic) bond motifs is 1. The largest absolute Gasteiger partial charge is 0.484 e. The van der Waals surface area contributed by atoms with E-state index in [4.69, 9.17) is 4.74 Å². The van der Waals surface area contributed by atoms with E-state index >= 15 is 0 Å². The minimum Gasteiger partial charge on any atom is -0.484 e. The fourth-order valence-electron chi connectivity index (χ4n) is 3.51. The predicted octanol–water partition coefficient (Wildman–Crippen LogP) is 3.24. The molecule has 2 aromatic carbocycles. The molecular weight excluding hydrogens is 376 g/mol. The molecule has 0 N–H and O–H groups in total. The Morgan fingerprint density at radius 3 is 2.52 bits per heavy atom. The molecule has 150 valence electrons. The van der Waals surface area contributed by atoms with Gasteiger partial charge in [-0.1, -0.05) is 6.07 Å². The van der Waals surface area contributed by atoms with Crippen molar-refractivity contribution in [3.05, 3.63) is 71.9 Å². The van der Waals surface area contributed by atoms with Crippen LogP contribution >= 0.6 is 0 Å². The number of hydrogen-bond acceptors (Lipinski definition) is 4. The molecular formula is C22H21F2N3O2. The summed E-state index contributed by atoms with van der Waals surface area (Å²) in [5.74, 6) is -0.260. The summed E-state index contributed by atoms with van der Waals surface area (Å²) in [7, 11) is 0. The van der Waals surface area contributed by atoms with Crippen molar-refractivity contribution in [3.8, 4) is 5.75 Å². The minimum absolute atomic E-state index is 0.0793. The van der Waals surface area contributed by atoms with E-state index in [0.717, 1.165) is 16.5 Å². The highest BCUT2D eigenvalue weighted by Gasteiger charge is 2.22. The summed E-state index contributed by atoms with van der Waals surface area (Å²) >= 11 is 0. The molecule has 0 unspecified atom stereocenters. The van der Waals surface area contributed by atoms with Gasteiger partial charge in [0.25, 0.3) is 5.91 Å². The van der Waals surface area contributed by atoms with Gasteiger partial charge >= 0.3 is 0 Å². The number of benzene rings is 2. The van der Waals surface area contributed by atoms with Gasteiger partial charge in [-0.25, -0.2) is 8.78 Å². The molecule has 1 saturated heterocycles. The number of aromatic nitrogens is 1. The first kappa shape index (κ1) is 19.3. The highest BCUT2D eigenvalue weighted by atomic mass is 19.1. The van der Waals surface area contributed by atoms with Crippen molar-refractivity contribution in [2.24, 2.45) is 0 Å². The van der Waals surface area contributed by atoms with Gasteiger partial charge in [0.15, 0.2) is 6.61 Å². The van der Waals surface area contributed by atoms with Gasteiger partial charge in [-0.05, 0) is 48.0 Å². The molecule has 7 heteroatoms. The summed E-state index contributed by atoms with van der Waals surface area (Å²) in [6.45, 7) is 3.03. The molecule has 1 amide bonds. The molecule has 0 bridgehead atoms. The van der Waals surface area contributed by atoms with Crippen LogP contribution in [0.4, 0.5) is 8.78 Å². The second-order valence-corrected chi connectivity index (χ2v) is 7.04. The van der Waals surface area contributed by atoms with Crippen LogP contribution in [0, 0.1) is 11.6 Å². The number of carbonyl (C=O) groups excluding carboxylic acids is 1. The van der Waals surface area contributed by atoms with E-state index in [0.29, 0.717) is 38.5 Å². The first-order valence-corrected chi connectivity index (χ1v) is 9.50. The fourth-order valence-corrected chi connectivity index (χ4v) is 3.51. The number of ether oxygens (including phenoxy) is 1. The molecule has 5 nitrogen and oxygen atoms in total. The summed E-state index contributed by atoms with van der Waals surface area (Å²) in [6.07, 6.45) is 1.71. The first-order valence-electron chi connectivity index (χ1n) is 9.50. The van der Waals surface area contributed by atoms with E-state index in [2.05, 4.69) is 9.88 Å². The molecule has 29 heavy (non-hydrogen) atoms. The summed E-state index contributed by atoms with van der Waals surface area (Å²) in [5, 5.41) is 0.786. The number of hydrogen-bond donors (Lipinski definition) is 0. The summed E-state index contributed by atoms with van der Waals surface area (Å²) in [6, 6.07) is 12.3. The van der Waals surface area contributed by atoms with E-state index in [1.165, 1.54) is 36.4 Å². The average molecular weight is 397 g/mol. The molecule has 1 aliphatic rings. The van der Waals surface area contributed by atoms with Crippen LogP contribution < -0.4 is 4.74 Å². The minimum atomic E-state index is -0.346. The number of piperazine rings is 1. The molecule has 3 aromatic rings. The lowest BCUT2D eigenvalue weighted by Gasteiger charge is -2.34. The average Bonchev–Trinajstić information content (AvgIpc) is 2.73. The van der Waals surface area contributed by atoms with Gasteiger partial charge in [0.1, 0.15) is 17.4 Å². The van der Waals surface area contributed by atoms with Gasteiger partial charge < -0.3 is 9.64 Å². The Hall–Kier alpha value is -3.06. The molecule has 1 aliphatic heterocycles. The van der Waals surface area contributed by atoms with Crippen LogP contribution in [0.25, 0.3) is 10.9 Å². The van der Waals surface area contributed by atoms with Crippen LogP contribution in [-0.2, 0) is 11.3 Å². The molecule has 0 aliphatic carbocycles. The molecule has 1 fully saturated rings. The van der Waals surface area contributed by atoms with E-state index in [1.54, 1.807) is 17.2 Å². The van der Waals surface area contributed by atoms with Crippen LogP contribution in [0.5, 0.6) is 5.75 Å². The second kappa shape index (κ2) is 8.53.